The number of aryl methyl sites for hydroxylation is 1. The third-order valence-electron chi connectivity index (χ3n) is 3.22. The number of aromatic amines is 1. The molecular formula is C15H21N2+. The van der Waals surface area contributed by atoms with Crippen molar-refractivity contribution in [1.29, 1.82) is 0 Å². The SMILES string of the molecule is CCCC(CCc1ccccc1)[n+]1cc[nH]c1. The average Bonchev–Trinajstić information content (AvgIpc) is 2.89. The van der Waals surface area contributed by atoms with Crippen LogP contribution < -0.4 is 4.57 Å². The summed E-state index contributed by atoms with van der Waals surface area (Å²) in [6, 6.07) is 11.4. The highest BCUT2D eigenvalue weighted by Crippen LogP contribution is 2.14. The third kappa shape index (κ3) is 3.45. The summed E-state index contributed by atoms with van der Waals surface area (Å²) in [4.78, 5) is 3.13. The summed E-state index contributed by atoms with van der Waals surface area (Å²) in [6.07, 6.45) is 11.0. The molecule has 0 saturated heterocycles. The first kappa shape index (κ1) is 11.9. The topological polar surface area (TPSA) is 19.7 Å². The smallest absolute Gasteiger partial charge is 0.241 e. The summed E-state index contributed by atoms with van der Waals surface area (Å²) in [5, 5.41) is 0. The average molecular weight is 229 g/mol. The van der Waals surface area contributed by atoms with E-state index in [0.717, 1.165) is 6.42 Å². The second-order valence-corrected chi connectivity index (χ2v) is 4.53. The standard InChI is InChI=1S/C15H20N2/c1-2-6-15(17-12-11-16-13-17)10-9-14-7-4-3-5-8-14/h3-5,7-8,11-13,15H,2,6,9-10H2,1H3/p+1. The molecule has 1 N–H and O–H groups in total. The minimum Gasteiger partial charge on any atom is -0.250 e. The molecule has 0 amide bonds. The highest BCUT2D eigenvalue weighted by atomic mass is 15.0. The van der Waals surface area contributed by atoms with Gasteiger partial charge in [-0.25, -0.2) is 4.57 Å². The van der Waals surface area contributed by atoms with Crippen LogP contribution in [0.5, 0.6) is 0 Å². The minimum absolute atomic E-state index is 0.617. The van der Waals surface area contributed by atoms with E-state index in [0.29, 0.717) is 6.04 Å². The van der Waals surface area contributed by atoms with Crippen LogP contribution in [0, 0.1) is 0 Å². The van der Waals surface area contributed by atoms with E-state index < -0.39 is 0 Å². The number of hydrogen-bond acceptors (Lipinski definition) is 0. The second-order valence-electron chi connectivity index (χ2n) is 4.53. The number of benzene rings is 1. The number of rotatable bonds is 6. The van der Waals surface area contributed by atoms with E-state index in [9.17, 15) is 0 Å². The molecule has 1 heterocycles. The largest absolute Gasteiger partial charge is 0.250 e. The van der Waals surface area contributed by atoms with Gasteiger partial charge in [-0.3, -0.25) is 4.98 Å². The molecule has 17 heavy (non-hydrogen) atoms. The summed E-state index contributed by atoms with van der Waals surface area (Å²) in [5.74, 6) is 0. The molecular weight excluding hydrogens is 208 g/mol. The first-order valence-electron chi connectivity index (χ1n) is 6.47. The molecule has 1 unspecified atom stereocenters. The van der Waals surface area contributed by atoms with Gasteiger partial charge < -0.3 is 0 Å². The molecule has 2 rings (SSSR count). The van der Waals surface area contributed by atoms with Crippen LogP contribution in [0.1, 0.15) is 37.8 Å². The molecule has 0 radical (unpaired) electrons. The Balaban J connectivity index is 1.95. The van der Waals surface area contributed by atoms with Crippen molar-refractivity contribution >= 4 is 0 Å². The highest BCUT2D eigenvalue weighted by molar-refractivity contribution is 5.14. The molecule has 0 aliphatic carbocycles. The molecule has 2 heteroatoms. The summed E-state index contributed by atoms with van der Waals surface area (Å²) in [6.45, 7) is 2.25. The van der Waals surface area contributed by atoms with Gasteiger partial charge >= 0.3 is 0 Å². The zero-order chi connectivity index (χ0) is 11.9. The Morgan fingerprint density at radius 3 is 2.65 bits per heavy atom. The summed E-state index contributed by atoms with van der Waals surface area (Å²) < 4.78 is 2.30. The van der Waals surface area contributed by atoms with Crippen LogP contribution in [0.15, 0.2) is 49.1 Å². The second kappa shape index (κ2) is 6.24. The predicted octanol–water partition coefficient (Wildman–Crippen LogP) is 3.28. The van der Waals surface area contributed by atoms with Crippen molar-refractivity contribution in [3.8, 4) is 0 Å². The first-order valence-corrected chi connectivity index (χ1v) is 6.47. The molecule has 90 valence electrons. The highest BCUT2D eigenvalue weighted by Gasteiger charge is 2.14. The van der Waals surface area contributed by atoms with Crippen molar-refractivity contribution in [3.05, 3.63) is 54.6 Å². The molecule has 0 aliphatic heterocycles. The number of aromatic nitrogens is 2. The molecule has 2 nitrogen and oxygen atoms in total. The van der Waals surface area contributed by atoms with Crippen LogP contribution in [-0.2, 0) is 6.42 Å². The zero-order valence-corrected chi connectivity index (χ0v) is 10.5. The molecule has 0 fully saturated rings. The fraction of sp³-hybridized carbons (Fsp3) is 0.400. The molecule has 1 atom stereocenters. The van der Waals surface area contributed by atoms with Crippen LogP contribution in [0.4, 0.5) is 0 Å². The number of nitrogens with one attached hydrogen (secondary N) is 1. The van der Waals surface area contributed by atoms with E-state index in [-0.39, 0.29) is 0 Å². The Kier molecular flexibility index (Phi) is 4.37. The Hall–Kier alpha value is -1.57. The van der Waals surface area contributed by atoms with E-state index in [2.05, 4.69) is 59.3 Å². The normalized spacial score (nSPS) is 12.5. The number of imidazole rings is 1. The van der Waals surface area contributed by atoms with Crippen molar-refractivity contribution in [3.63, 3.8) is 0 Å². The lowest BCUT2D eigenvalue weighted by molar-refractivity contribution is -0.723. The van der Waals surface area contributed by atoms with E-state index in [1.807, 2.05) is 6.20 Å². The lowest BCUT2D eigenvalue weighted by atomic mass is 10.0. The van der Waals surface area contributed by atoms with Crippen LogP contribution in [-0.4, -0.2) is 4.98 Å². The summed E-state index contributed by atoms with van der Waals surface area (Å²) >= 11 is 0. The number of nitrogens with zero attached hydrogens (tertiary/aromatic N) is 1. The predicted molar refractivity (Wildman–Crippen MR) is 69.7 cm³/mol. The van der Waals surface area contributed by atoms with Gasteiger partial charge in [-0.15, -0.1) is 0 Å². The Bertz CT molecular complexity index is 406. The fourth-order valence-electron chi connectivity index (χ4n) is 2.28. The van der Waals surface area contributed by atoms with E-state index in [4.69, 9.17) is 0 Å². The fourth-order valence-corrected chi connectivity index (χ4v) is 2.28. The number of H-pyrrole nitrogens is 1. The maximum absolute atomic E-state index is 3.13. The van der Waals surface area contributed by atoms with Gasteiger partial charge in [-0.05, 0) is 24.8 Å². The van der Waals surface area contributed by atoms with Crippen LogP contribution in [0.25, 0.3) is 0 Å². The molecule has 0 saturated carbocycles. The van der Waals surface area contributed by atoms with Crippen molar-refractivity contribution < 1.29 is 4.57 Å². The van der Waals surface area contributed by atoms with Gasteiger partial charge in [-0.1, -0.05) is 43.7 Å². The first-order chi connectivity index (χ1) is 8.40. The lowest BCUT2D eigenvalue weighted by Crippen LogP contribution is -2.37. The van der Waals surface area contributed by atoms with E-state index >= 15 is 0 Å². The molecule has 0 aliphatic rings. The molecule has 2 aromatic rings. The molecule has 1 aromatic carbocycles. The minimum atomic E-state index is 0.617. The Morgan fingerprint density at radius 1 is 1.18 bits per heavy atom. The van der Waals surface area contributed by atoms with Gasteiger partial charge in [0.05, 0.1) is 0 Å². The Morgan fingerprint density at radius 2 is 2.00 bits per heavy atom. The monoisotopic (exact) mass is 229 g/mol. The van der Waals surface area contributed by atoms with E-state index in [1.165, 1.54) is 24.8 Å². The summed E-state index contributed by atoms with van der Waals surface area (Å²) in [7, 11) is 0. The van der Waals surface area contributed by atoms with Gasteiger partial charge in [0, 0.05) is 0 Å². The van der Waals surface area contributed by atoms with Crippen molar-refractivity contribution in [2.24, 2.45) is 0 Å². The van der Waals surface area contributed by atoms with Crippen LogP contribution in [0.2, 0.25) is 0 Å². The molecule has 0 spiro atoms. The maximum Gasteiger partial charge on any atom is 0.241 e. The molecule has 1 aromatic heterocycles. The number of hydrogen-bond donors (Lipinski definition) is 1. The third-order valence-corrected chi connectivity index (χ3v) is 3.22. The van der Waals surface area contributed by atoms with Crippen LogP contribution in [0.3, 0.4) is 0 Å². The van der Waals surface area contributed by atoms with Gasteiger partial charge in [0.25, 0.3) is 0 Å². The molecule has 0 bridgehead atoms. The summed E-state index contributed by atoms with van der Waals surface area (Å²) in [5.41, 5.74) is 1.43. The quantitative estimate of drug-likeness (QED) is 0.733. The van der Waals surface area contributed by atoms with Crippen molar-refractivity contribution in [2.75, 3.05) is 0 Å². The zero-order valence-electron chi connectivity index (χ0n) is 10.5. The lowest BCUT2D eigenvalue weighted by Gasteiger charge is -2.12. The van der Waals surface area contributed by atoms with Crippen molar-refractivity contribution in [1.82, 2.24) is 4.98 Å². The van der Waals surface area contributed by atoms with Gasteiger partial charge in [0.15, 0.2) is 0 Å². The van der Waals surface area contributed by atoms with Crippen molar-refractivity contribution in [2.45, 2.75) is 38.6 Å². The van der Waals surface area contributed by atoms with Gasteiger partial charge in [0.1, 0.15) is 18.4 Å². The Labute approximate surface area is 103 Å². The van der Waals surface area contributed by atoms with Gasteiger partial charge in [-0.2, -0.15) is 0 Å². The van der Waals surface area contributed by atoms with Gasteiger partial charge in [0.2, 0.25) is 6.33 Å². The van der Waals surface area contributed by atoms with E-state index in [1.54, 1.807) is 0 Å². The maximum atomic E-state index is 3.13. The van der Waals surface area contributed by atoms with Crippen LogP contribution >= 0.6 is 0 Å².